The van der Waals surface area contributed by atoms with E-state index in [4.69, 9.17) is 15.2 Å². The number of rotatable bonds is 2. The molecule has 0 saturated heterocycles. The molecule has 1 heterocycles. The zero-order valence-electron chi connectivity index (χ0n) is 8.91. The number of halogens is 1. The van der Waals surface area contributed by atoms with Gasteiger partial charge in [-0.25, -0.2) is 0 Å². The molecule has 4 heteroatoms. The number of nitrogens with two attached hydrogens (primary N) is 1. The standard InChI is InChI=1S/C12H14BrNO2/c13-11-9(3-1-6-14)4-5-10-12(11)16-8-2-7-15-10/h1,3-5H,2,6-8,14H2/b3-1+. The molecule has 0 bridgehead atoms. The number of fused-ring (bicyclic) bond motifs is 1. The minimum Gasteiger partial charge on any atom is -0.490 e. The van der Waals surface area contributed by atoms with Crippen LogP contribution in [0, 0.1) is 0 Å². The molecule has 0 radical (unpaired) electrons. The Morgan fingerprint density at radius 1 is 1.31 bits per heavy atom. The molecule has 2 N–H and O–H groups in total. The average molecular weight is 284 g/mol. The Bertz CT molecular complexity index is 404. The Morgan fingerprint density at radius 3 is 2.94 bits per heavy atom. The fourth-order valence-electron chi connectivity index (χ4n) is 1.54. The SMILES string of the molecule is NC/C=C/c1ccc2c(c1Br)OCCCO2. The molecule has 16 heavy (non-hydrogen) atoms. The summed E-state index contributed by atoms with van der Waals surface area (Å²) in [5, 5.41) is 0. The highest BCUT2D eigenvalue weighted by molar-refractivity contribution is 9.10. The van der Waals surface area contributed by atoms with Crippen LogP contribution < -0.4 is 15.2 Å². The van der Waals surface area contributed by atoms with Crippen LogP contribution in [0.25, 0.3) is 6.08 Å². The van der Waals surface area contributed by atoms with Crippen LogP contribution in [0.4, 0.5) is 0 Å². The molecule has 0 atom stereocenters. The van der Waals surface area contributed by atoms with Crippen LogP contribution in [0.1, 0.15) is 12.0 Å². The maximum Gasteiger partial charge on any atom is 0.175 e. The van der Waals surface area contributed by atoms with E-state index in [-0.39, 0.29) is 0 Å². The second kappa shape index (κ2) is 5.37. The van der Waals surface area contributed by atoms with E-state index < -0.39 is 0 Å². The molecule has 0 saturated carbocycles. The number of ether oxygens (including phenoxy) is 2. The Morgan fingerprint density at radius 2 is 2.12 bits per heavy atom. The highest BCUT2D eigenvalue weighted by atomic mass is 79.9. The van der Waals surface area contributed by atoms with Gasteiger partial charge >= 0.3 is 0 Å². The van der Waals surface area contributed by atoms with Crippen molar-refractivity contribution in [2.75, 3.05) is 19.8 Å². The van der Waals surface area contributed by atoms with Crippen molar-refractivity contribution in [3.8, 4) is 11.5 Å². The van der Waals surface area contributed by atoms with E-state index in [1.165, 1.54) is 0 Å². The van der Waals surface area contributed by atoms with Crippen molar-refractivity contribution in [1.82, 2.24) is 0 Å². The van der Waals surface area contributed by atoms with Crippen LogP contribution in [0.15, 0.2) is 22.7 Å². The summed E-state index contributed by atoms with van der Waals surface area (Å²) >= 11 is 3.53. The monoisotopic (exact) mass is 283 g/mol. The smallest absolute Gasteiger partial charge is 0.175 e. The highest BCUT2D eigenvalue weighted by Gasteiger charge is 2.15. The van der Waals surface area contributed by atoms with Crippen molar-refractivity contribution in [2.45, 2.75) is 6.42 Å². The van der Waals surface area contributed by atoms with Crippen molar-refractivity contribution in [3.63, 3.8) is 0 Å². The zero-order valence-corrected chi connectivity index (χ0v) is 10.5. The van der Waals surface area contributed by atoms with Crippen molar-refractivity contribution in [2.24, 2.45) is 5.73 Å². The van der Waals surface area contributed by atoms with Crippen molar-refractivity contribution in [3.05, 3.63) is 28.2 Å². The summed E-state index contributed by atoms with van der Waals surface area (Å²) in [6.45, 7) is 1.92. The van der Waals surface area contributed by atoms with Gasteiger partial charge in [0, 0.05) is 13.0 Å². The Balaban J connectivity index is 2.37. The molecular formula is C12H14BrNO2. The van der Waals surface area contributed by atoms with Gasteiger partial charge in [-0.05, 0) is 33.6 Å². The first-order chi connectivity index (χ1) is 7.83. The predicted octanol–water partition coefficient (Wildman–Crippen LogP) is 2.58. The van der Waals surface area contributed by atoms with Gasteiger partial charge in [0.1, 0.15) is 0 Å². The Hall–Kier alpha value is -1.00. The maximum absolute atomic E-state index is 5.66. The molecule has 2 rings (SSSR count). The molecular weight excluding hydrogens is 270 g/mol. The van der Waals surface area contributed by atoms with Gasteiger partial charge in [0.05, 0.1) is 17.7 Å². The highest BCUT2D eigenvalue weighted by Crippen LogP contribution is 2.39. The van der Waals surface area contributed by atoms with E-state index >= 15 is 0 Å². The van der Waals surface area contributed by atoms with E-state index in [1.54, 1.807) is 0 Å². The predicted molar refractivity (Wildman–Crippen MR) is 67.8 cm³/mol. The van der Waals surface area contributed by atoms with Crippen LogP contribution in [0.3, 0.4) is 0 Å². The molecule has 0 aliphatic carbocycles. The largest absolute Gasteiger partial charge is 0.490 e. The quantitative estimate of drug-likeness (QED) is 0.907. The van der Waals surface area contributed by atoms with Gasteiger partial charge in [-0.15, -0.1) is 0 Å². The van der Waals surface area contributed by atoms with E-state index in [2.05, 4.69) is 15.9 Å². The van der Waals surface area contributed by atoms with Gasteiger partial charge < -0.3 is 15.2 Å². The third kappa shape index (κ3) is 2.39. The third-order valence-electron chi connectivity index (χ3n) is 2.32. The van der Waals surface area contributed by atoms with E-state index in [0.717, 1.165) is 28.0 Å². The first-order valence-corrected chi connectivity index (χ1v) is 6.07. The lowest BCUT2D eigenvalue weighted by atomic mass is 10.2. The molecule has 86 valence electrons. The molecule has 0 amide bonds. The first kappa shape index (κ1) is 11.5. The summed E-state index contributed by atoms with van der Waals surface area (Å²) in [5.41, 5.74) is 6.48. The number of hydrogen-bond acceptors (Lipinski definition) is 3. The second-order valence-electron chi connectivity index (χ2n) is 3.48. The van der Waals surface area contributed by atoms with E-state index in [9.17, 15) is 0 Å². The number of benzene rings is 1. The summed E-state index contributed by atoms with van der Waals surface area (Å²) in [5.74, 6) is 1.59. The molecule has 0 fully saturated rings. The van der Waals surface area contributed by atoms with Crippen molar-refractivity contribution < 1.29 is 9.47 Å². The summed E-state index contributed by atoms with van der Waals surface area (Å²) in [4.78, 5) is 0. The topological polar surface area (TPSA) is 44.5 Å². The third-order valence-corrected chi connectivity index (χ3v) is 3.13. The molecule has 1 aromatic rings. The van der Waals surface area contributed by atoms with Crippen LogP contribution in [-0.4, -0.2) is 19.8 Å². The van der Waals surface area contributed by atoms with E-state index in [0.29, 0.717) is 19.8 Å². The summed E-state index contributed by atoms with van der Waals surface area (Å²) in [7, 11) is 0. The number of hydrogen-bond donors (Lipinski definition) is 1. The van der Waals surface area contributed by atoms with Gasteiger partial charge in [0.2, 0.25) is 0 Å². The molecule has 0 aromatic heterocycles. The lowest BCUT2D eigenvalue weighted by molar-refractivity contribution is 0.296. The van der Waals surface area contributed by atoms with Gasteiger partial charge in [0.25, 0.3) is 0 Å². The Labute approximate surface area is 103 Å². The average Bonchev–Trinajstić information content (AvgIpc) is 2.54. The fraction of sp³-hybridized carbons (Fsp3) is 0.333. The second-order valence-corrected chi connectivity index (χ2v) is 4.28. The van der Waals surface area contributed by atoms with Crippen LogP contribution in [0.5, 0.6) is 11.5 Å². The lowest BCUT2D eigenvalue weighted by Gasteiger charge is -2.10. The molecule has 0 spiro atoms. The summed E-state index contributed by atoms with van der Waals surface area (Å²) in [6, 6.07) is 3.92. The van der Waals surface area contributed by atoms with Gasteiger partial charge in [-0.1, -0.05) is 12.2 Å². The summed E-state index contributed by atoms with van der Waals surface area (Å²) < 4.78 is 12.2. The minimum atomic E-state index is 0.529. The maximum atomic E-state index is 5.66. The van der Waals surface area contributed by atoms with Crippen LogP contribution >= 0.6 is 15.9 Å². The normalized spacial score (nSPS) is 15.1. The molecule has 1 aromatic carbocycles. The van der Waals surface area contributed by atoms with Gasteiger partial charge in [-0.2, -0.15) is 0 Å². The minimum absolute atomic E-state index is 0.529. The summed E-state index contributed by atoms with van der Waals surface area (Å²) in [6.07, 6.45) is 4.79. The fourth-order valence-corrected chi connectivity index (χ4v) is 2.11. The van der Waals surface area contributed by atoms with Crippen molar-refractivity contribution in [1.29, 1.82) is 0 Å². The van der Waals surface area contributed by atoms with E-state index in [1.807, 2.05) is 24.3 Å². The molecule has 1 aliphatic rings. The van der Waals surface area contributed by atoms with Gasteiger partial charge in [0.15, 0.2) is 11.5 Å². The molecule has 1 aliphatic heterocycles. The van der Waals surface area contributed by atoms with Crippen molar-refractivity contribution >= 4 is 22.0 Å². The van der Waals surface area contributed by atoms with Crippen LogP contribution in [-0.2, 0) is 0 Å². The first-order valence-electron chi connectivity index (χ1n) is 5.27. The Kier molecular flexibility index (Phi) is 3.85. The van der Waals surface area contributed by atoms with Crippen LogP contribution in [0.2, 0.25) is 0 Å². The molecule has 3 nitrogen and oxygen atoms in total. The zero-order chi connectivity index (χ0) is 11.4. The lowest BCUT2D eigenvalue weighted by Crippen LogP contribution is -1.97. The molecule has 0 unspecified atom stereocenters. The van der Waals surface area contributed by atoms with Gasteiger partial charge in [-0.3, -0.25) is 0 Å².